The smallest absolute Gasteiger partial charge is 0.224 e. The maximum atomic E-state index is 12.7. The molecule has 3 N–H and O–H groups in total. The first-order valence-corrected chi connectivity index (χ1v) is 10.8. The van der Waals surface area contributed by atoms with Gasteiger partial charge in [0, 0.05) is 19.6 Å². The third kappa shape index (κ3) is 6.17. The molecule has 8 heteroatoms. The highest BCUT2D eigenvalue weighted by molar-refractivity contribution is 7.88. The Kier molecular flexibility index (Phi) is 8.73. The molecular formula is C19H32ClN3O3S. The molecule has 2 atom stereocenters. The monoisotopic (exact) mass is 417 g/mol. The highest BCUT2D eigenvalue weighted by Gasteiger charge is 2.36. The molecule has 1 heterocycles. The maximum Gasteiger partial charge on any atom is 0.224 e. The minimum atomic E-state index is -3.44. The van der Waals surface area contributed by atoms with E-state index in [0.29, 0.717) is 25.9 Å². The van der Waals surface area contributed by atoms with Crippen LogP contribution in [0, 0.1) is 11.8 Å². The van der Waals surface area contributed by atoms with Crippen molar-refractivity contribution in [3.63, 3.8) is 0 Å². The molecule has 1 saturated heterocycles. The van der Waals surface area contributed by atoms with Gasteiger partial charge in [-0.25, -0.2) is 12.7 Å². The first-order chi connectivity index (χ1) is 12.2. The highest BCUT2D eigenvalue weighted by Crippen LogP contribution is 2.23. The summed E-state index contributed by atoms with van der Waals surface area (Å²) in [7, 11) is -3.44. The van der Waals surface area contributed by atoms with E-state index in [9.17, 15) is 13.2 Å². The zero-order valence-corrected chi connectivity index (χ0v) is 18.0. The number of carbonyl (C=O) groups is 1. The quantitative estimate of drug-likeness (QED) is 0.710. The molecule has 154 valence electrons. The van der Waals surface area contributed by atoms with Crippen molar-refractivity contribution in [3.05, 3.63) is 35.9 Å². The Morgan fingerprint density at radius 3 is 2.52 bits per heavy atom. The van der Waals surface area contributed by atoms with E-state index >= 15 is 0 Å². The molecule has 0 bridgehead atoms. The minimum absolute atomic E-state index is 0. The molecule has 1 aliphatic rings. The predicted octanol–water partition coefficient (Wildman–Crippen LogP) is 2.14. The van der Waals surface area contributed by atoms with Crippen molar-refractivity contribution in [2.75, 3.05) is 19.6 Å². The lowest BCUT2D eigenvalue weighted by atomic mass is 9.87. The third-order valence-corrected chi connectivity index (χ3v) is 7.26. The molecule has 2 rings (SSSR count). The van der Waals surface area contributed by atoms with Crippen LogP contribution in [-0.2, 0) is 20.6 Å². The number of carbonyl (C=O) groups excluding carboxylic acids is 1. The number of piperidine rings is 1. The molecule has 0 saturated carbocycles. The predicted molar refractivity (Wildman–Crippen MR) is 111 cm³/mol. The summed E-state index contributed by atoms with van der Waals surface area (Å²) in [5, 5.41) is 3.05. The Morgan fingerprint density at radius 2 is 1.96 bits per heavy atom. The number of benzene rings is 1. The molecule has 1 fully saturated rings. The Bertz CT molecular complexity index is 712. The van der Waals surface area contributed by atoms with Gasteiger partial charge in [-0.2, -0.15) is 0 Å². The van der Waals surface area contributed by atoms with Crippen LogP contribution in [0.15, 0.2) is 30.3 Å². The normalized spacial score (nSPS) is 20.6. The van der Waals surface area contributed by atoms with Crippen LogP contribution < -0.4 is 11.1 Å². The van der Waals surface area contributed by atoms with Crippen molar-refractivity contribution in [3.8, 4) is 0 Å². The maximum absolute atomic E-state index is 12.7. The van der Waals surface area contributed by atoms with Gasteiger partial charge >= 0.3 is 0 Å². The highest BCUT2D eigenvalue weighted by atomic mass is 35.5. The van der Waals surface area contributed by atoms with Gasteiger partial charge in [-0.15, -0.1) is 12.4 Å². The van der Waals surface area contributed by atoms with Crippen LogP contribution in [0.2, 0.25) is 0 Å². The number of amides is 1. The third-order valence-electron chi connectivity index (χ3n) is 5.45. The molecule has 1 aromatic carbocycles. The van der Waals surface area contributed by atoms with Crippen LogP contribution in [0.4, 0.5) is 0 Å². The lowest BCUT2D eigenvalue weighted by Crippen LogP contribution is -2.58. The summed E-state index contributed by atoms with van der Waals surface area (Å²) in [5.41, 5.74) is 6.12. The molecular weight excluding hydrogens is 386 g/mol. The lowest BCUT2D eigenvalue weighted by molar-refractivity contribution is -0.128. The lowest BCUT2D eigenvalue weighted by Gasteiger charge is -2.37. The van der Waals surface area contributed by atoms with Gasteiger partial charge in [0.1, 0.15) is 0 Å². The molecule has 0 spiro atoms. The van der Waals surface area contributed by atoms with E-state index in [-0.39, 0.29) is 42.4 Å². The van der Waals surface area contributed by atoms with Crippen molar-refractivity contribution in [1.82, 2.24) is 9.62 Å². The minimum Gasteiger partial charge on any atom is -0.349 e. The Balaban J connectivity index is 0.00000364. The van der Waals surface area contributed by atoms with Gasteiger partial charge in [0.25, 0.3) is 0 Å². The molecule has 6 nitrogen and oxygen atoms in total. The molecule has 1 amide bonds. The summed E-state index contributed by atoms with van der Waals surface area (Å²) in [4.78, 5) is 12.7. The van der Waals surface area contributed by atoms with E-state index in [0.717, 1.165) is 5.56 Å². The number of rotatable bonds is 7. The van der Waals surface area contributed by atoms with Gasteiger partial charge in [0.15, 0.2) is 0 Å². The topological polar surface area (TPSA) is 92.5 Å². The van der Waals surface area contributed by atoms with Gasteiger partial charge in [-0.3, -0.25) is 4.79 Å². The summed E-state index contributed by atoms with van der Waals surface area (Å²) >= 11 is 0. The average molecular weight is 418 g/mol. The van der Waals surface area contributed by atoms with E-state index in [1.807, 2.05) is 39.0 Å². The van der Waals surface area contributed by atoms with E-state index in [1.165, 1.54) is 4.31 Å². The van der Waals surface area contributed by atoms with E-state index < -0.39 is 15.6 Å². The molecule has 1 aromatic rings. The van der Waals surface area contributed by atoms with Crippen molar-refractivity contribution < 1.29 is 13.2 Å². The van der Waals surface area contributed by atoms with E-state index in [2.05, 4.69) is 5.32 Å². The molecule has 2 unspecified atom stereocenters. The first-order valence-electron chi connectivity index (χ1n) is 9.22. The van der Waals surface area contributed by atoms with E-state index in [4.69, 9.17) is 5.73 Å². The molecule has 0 radical (unpaired) electrons. The number of hydrogen-bond acceptors (Lipinski definition) is 4. The van der Waals surface area contributed by atoms with Crippen LogP contribution in [0.25, 0.3) is 0 Å². The zero-order chi connectivity index (χ0) is 19.4. The molecule has 0 aliphatic carbocycles. The summed E-state index contributed by atoms with van der Waals surface area (Å²) in [5.74, 6) is -0.280. The second-order valence-corrected chi connectivity index (χ2v) is 9.67. The summed E-state index contributed by atoms with van der Waals surface area (Å²) in [6, 6.07) is 9.14. The number of nitrogens with zero attached hydrogens (tertiary/aromatic N) is 1. The number of nitrogens with one attached hydrogen (secondary N) is 1. The standard InChI is InChI=1S/C19H31N3O3S.ClH/c1-15(2)19(3,14-20)21-18(23)17-10-7-11-22(12-17)26(24,25)13-16-8-5-4-6-9-16;/h4-6,8-9,15,17H,7,10-14,20H2,1-3H3,(H,21,23);1H. The fourth-order valence-electron chi connectivity index (χ4n) is 3.10. The number of halogens is 1. The van der Waals surface area contributed by atoms with Crippen LogP contribution >= 0.6 is 12.4 Å². The summed E-state index contributed by atoms with van der Waals surface area (Å²) < 4.78 is 27.0. The molecule has 1 aliphatic heterocycles. The van der Waals surface area contributed by atoms with Gasteiger partial charge < -0.3 is 11.1 Å². The second-order valence-electron chi connectivity index (χ2n) is 7.70. The Morgan fingerprint density at radius 1 is 1.33 bits per heavy atom. The number of sulfonamides is 1. The number of nitrogens with two attached hydrogens (primary N) is 1. The fourth-order valence-corrected chi connectivity index (χ4v) is 4.71. The molecule has 27 heavy (non-hydrogen) atoms. The van der Waals surface area contributed by atoms with Gasteiger partial charge in [-0.05, 0) is 31.2 Å². The SMILES string of the molecule is CC(C)C(C)(CN)NC(=O)C1CCCN(S(=O)(=O)Cc2ccccc2)C1.Cl. The Labute approximate surface area is 169 Å². The van der Waals surface area contributed by atoms with Crippen molar-refractivity contribution in [2.45, 2.75) is 44.9 Å². The average Bonchev–Trinajstić information content (AvgIpc) is 2.62. The largest absolute Gasteiger partial charge is 0.349 e. The number of hydrogen-bond donors (Lipinski definition) is 2. The van der Waals surface area contributed by atoms with E-state index in [1.54, 1.807) is 12.1 Å². The van der Waals surface area contributed by atoms with Crippen molar-refractivity contribution >= 4 is 28.3 Å². The van der Waals surface area contributed by atoms with Crippen LogP contribution in [0.5, 0.6) is 0 Å². The van der Waals surface area contributed by atoms with Gasteiger partial charge in [0.05, 0.1) is 17.2 Å². The van der Waals surface area contributed by atoms with Gasteiger partial charge in [-0.1, -0.05) is 44.2 Å². The fraction of sp³-hybridized carbons (Fsp3) is 0.632. The Hall–Kier alpha value is -1.15. The first kappa shape index (κ1) is 23.9. The summed E-state index contributed by atoms with van der Waals surface area (Å²) in [6.07, 6.45) is 1.38. The van der Waals surface area contributed by atoms with Crippen molar-refractivity contribution in [2.24, 2.45) is 17.6 Å². The van der Waals surface area contributed by atoms with Crippen LogP contribution in [-0.4, -0.2) is 43.8 Å². The molecule has 0 aromatic heterocycles. The van der Waals surface area contributed by atoms with Gasteiger partial charge in [0.2, 0.25) is 15.9 Å². The second kappa shape index (κ2) is 9.87. The zero-order valence-electron chi connectivity index (χ0n) is 16.3. The van der Waals surface area contributed by atoms with Crippen LogP contribution in [0.1, 0.15) is 39.2 Å². The van der Waals surface area contributed by atoms with Crippen LogP contribution in [0.3, 0.4) is 0 Å². The van der Waals surface area contributed by atoms with Crippen molar-refractivity contribution in [1.29, 1.82) is 0 Å². The summed E-state index contributed by atoms with van der Waals surface area (Å²) in [6.45, 7) is 7.02.